The van der Waals surface area contributed by atoms with Crippen molar-refractivity contribution in [2.45, 2.75) is 25.5 Å². The number of imidazole rings is 1. The van der Waals surface area contributed by atoms with Crippen molar-refractivity contribution in [2.24, 2.45) is 0 Å². The number of aliphatic hydroxyl groups excluding tert-OH is 1. The Balaban J connectivity index is 1.22. The van der Waals surface area contributed by atoms with Gasteiger partial charge in [-0.2, -0.15) is 0 Å². The Morgan fingerprint density at radius 1 is 0.972 bits per heavy atom. The zero-order valence-electron chi connectivity index (χ0n) is 19.7. The molecule has 3 N–H and O–H groups in total. The van der Waals surface area contributed by atoms with E-state index in [4.69, 9.17) is 23.2 Å². The molecular formula is C28H28Cl2N4O2. The number of aromatic nitrogens is 2. The second-order valence-electron chi connectivity index (χ2n) is 8.52. The number of hydrogen-bond donors (Lipinski definition) is 3. The van der Waals surface area contributed by atoms with Crippen LogP contribution in [0.1, 0.15) is 28.6 Å². The molecule has 36 heavy (non-hydrogen) atoms. The summed E-state index contributed by atoms with van der Waals surface area (Å²) in [5, 5.41) is 17.5. The Labute approximate surface area is 220 Å². The van der Waals surface area contributed by atoms with Crippen molar-refractivity contribution in [3.63, 3.8) is 0 Å². The van der Waals surface area contributed by atoms with Crippen molar-refractivity contribution in [3.8, 4) is 0 Å². The van der Waals surface area contributed by atoms with E-state index in [1.165, 1.54) is 0 Å². The summed E-state index contributed by atoms with van der Waals surface area (Å²) in [5.74, 6) is 0.528. The molecule has 186 valence electrons. The van der Waals surface area contributed by atoms with E-state index >= 15 is 0 Å². The lowest BCUT2D eigenvalue weighted by molar-refractivity contribution is -0.115. The molecule has 1 amide bonds. The minimum atomic E-state index is -0.525. The molecule has 1 aromatic heterocycles. The number of carbonyl (C=O) groups is 1. The number of halogens is 2. The number of carbonyl (C=O) groups excluding carboxylic acids is 1. The Morgan fingerprint density at radius 3 is 2.47 bits per heavy atom. The first-order valence-electron chi connectivity index (χ1n) is 11.7. The van der Waals surface area contributed by atoms with Crippen LogP contribution in [0.2, 0.25) is 10.0 Å². The van der Waals surface area contributed by atoms with E-state index in [0.29, 0.717) is 29.0 Å². The third-order valence-electron chi connectivity index (χ3n) is 5.81. The first kappa shape index (κ1) is 25.9. The summed E-state index contributed by atoms with van der Waals surface area (Å²) in [4.78, 5) is 17.0. The highest BCUT2D eigenvalue weighted by Crippen LogP contribution is 2.23. The molecule has 6 nitrogen and oxygen atoms in total. The zero-order valence-corrected chi connectivity index (χ0v) is 21.2. The van der Waals surface area contributed by atoms with E-state index in [2.05, 4.69) is 15.6 Å². The van der Waals surface area contributed by atoms with Crippen LogP contribution in [0.25, 0.3) is 0 Å². The van der Waals surface area contributed by atoms with Crippen LogP contribution in [-0.4, -0.2) is 33.7 Å². The number of amides is 1. The van der Waals surface area contributed by atoms with Crippen molar-refractivity contribution < 1.29 is 9.90 Å². The minimum absolute atomic E-state index is 0.138. The van der Waals surface area contributed by atoms with Gasteiger partial charge in [0.15, 0.2) is 0 Å². The Hall–Kier alpha value is -3.16. The van der Waals surface area contributed by atoms with Crippen LogP contribution in [0.15, 0.2) is 85.2 Å². The number of hydrogen-bond acceptors (Lipinski definition) is 4. The van der Waals surface area contributed by atoms with Gasteiger partial charge < -0.3 is 20.3 Å². The normalized spacial score (nSPS) is 11.9. The van der Waals surface area contributed by atoms with E-state index < -0.39 is 6.10 Å². The van der Waals surface area contributed by atoms with Gasteiger partial charge in [0.25, 0.3) is 0 Å². The first-order chi connectivity index (χ1) is 17.5. The molecule has 4 rings (SSSR count). The number of anilines is 1. The van der Waals surface area contributed by atoms with Gasteiger partial charge in [-0.05, 0) is 53.9 Å². The van der Waals surface area contributed by atoms with Crippen LogP contribution >= 0.6 is 23.2 Å². The van der Waals surface area contributed by atoms with Gasteiger partial charge in [0.05, 0.1) is 22.6 Å². The van der Waals surface area contributed by atoms with E-state index in [9.17, 15) is 9.90 Å². The molecule has 0 spiro atoms. The van der Waals surface area contributed by atoms with Gasteiger partial charge in [-0.15, -0.1) is 0 Å². The average Bonchev–Trinajstić information content (AvgIpc) is 3.31. The topological polar surface area (TPSA) is 79.2 Å². The van der Waals surface area contributed by atoms with Crippen LogP contribution in [0.5, 0.6) is 0 Å². The fourth-order valence-corrected chi connectivity index (χ4v) is 4.17. The summed E-state index contributed by atoms with van der Waals surface area (Å²) in [6, 6.07) is 22.9. The predicted molar refractivity (Wildman–Crippen MR) is 145 cm³/mol. The quantitative estimate of drug-likeness (QED) is 0.234. The molecular weight excluding hydrogens is 495 g/mol. The average molecular weight is 523 g/mol. The minimum Gasteiger partial charge on any atom is -0.387 e. The second kappa shape index (κ2) is 12.7. The number of benzene rings is 3. The molecule has 0 unspecified atom stereocenters. The Morgan fingerprint density at radius 2 is 1.72 bits per heavy atom. The predicted octanol–water partition coefficient (Wildman–Crippen LogP) is 5.29. The van der Waals surface area contributed by atoms with Gasteiger partial charge in [-0.3, -0.25) is 4.79 Å². The summed E-state index contributed by atoms with van der Waals surface area (Å²) in [6.45, 7) is 1.79. The van der Waals surface area contributed by atoms with E-state index in [0.717, 1.165) is 35.3 Å². The van der Waals surface area contributed by atoms with Gasteiger partial charge in [0.2, 0.25) is 5.91 Å². The second-order valence-corrected chi connectivity index (χ2v) is 9.34. The number of aliphatic hydroxyl groups is 1. The van der Waals surface area contributed by atoms with Crippen LogP contribution in [0.3, 0.4) is 0 Å². The smallest absolute Gasteiger partial charge is 0.231 e. The van der Waals surface area contributed by atoms with Crippen molar-refractivity contribution in [1.82, 2.24) is 14.9 Å². The summed E-state index contributed by atoms with van der Waals surface area (Å²) in [7, 11) is 0. The number of rotatable bonds is 11. The fourth-order valence-electron chi connectivity index (χ4n) is 3.85. The molecule has 1 heterocycles. The lowest BCUT2D eigenvalue weighted by Crippen LogP contribution is -2.23. The van der Waals surface area contributed by atoms with Gasteiger partial charge in [0.1, 0.15) is 5.82 Å². The molecule has 3 aromatic carbocycles. The van der Waals surface area contributed by atoms with Crippen molar-refractivity contribution >= 4 is 34.8 Å². The van der Waals surface area contributed by atoms with E-state index in [-0.39, 0.29) is 12.3 Å². The molecule has 0 aliphatic rings. The molecule has 0 bridgehead atoms. The first-order valence-corrected chi connectivity index (χ1v) is 12.5. The monoisotopic (exact) mass is 522 g/mol. The summed E-state index contributed by atoms with van der Waals surface area (Å²) in [6.07, 6.45) is 3.98. The molecule has 0 fully saturated rings. The summed E-state index contributed by atoms with van der Waals surface area (Å²) >= 11 is 12.1. The summed E-state index contributed by atoms with van der Waals surface area (Å²) < 4.78 is 1.92. The molecule has 4 aromatic rings. The zero-order chi connectivity index (χ0) is 25.3. The number of nitrogens with zero attached hydrogens (tertiary/aromatic N) is 2. The molecule has 8 heteroatoms. The highest BCUT2D eigenvalue weighted by molar-refractivity contribution is 6.42. The standard InChI is InChI=1S/C28H28Cl2N4O2/c29-24-11-8-21(16-25(24)30)19-34-15-14-32-27(34)17-28(36)33-23-9-6-20(7-10-23)12-13-31-18-26(35)22-4-2-1-3-5-22/h1-11,14-16,26,31,35H,12-13,17-19H2,(H,33,36)/t26-/m0/s1. The third kappa shape index (κ3) is 7.42. The SMILES string of the molecule is O=C(Cc1nccn1Cc1ccc(Cl)c(Cl)c1)Nc1ccc(CCNC[C@H](O)c2ccccc2)cc1. The van der Waals surface area contributed by atoms with Crippen LogP contribution in [0, 0.1) is 0 Å². The van der Waals surface area contributed by atoms with Crippen molar-refractivity contribution in [2.75, 3.05) is 18.4 Å². The maximum atomic E-state index is 12.6. The number of nitrogens with one attached hydrogen (secondary N) is 2. The van der Waals surface area contributed by atoms with Crippen LogP contribution < -0.4 is 10.6 Å². The van der Waals surface area contributed by atoms with Gasteiger partial charge >= 0.3 is 0 Å². The highest BCUT2D eigenvalue weighted by atomic mass is 35.5. The summed E-state index contributed by atoms with van der Waals surface area (Å²) in [5.41, 5.74) is 3.76. The Bertz CT molecular complexity index is 1280. The van der Waals surface area contributed by atoms with Gasteiger partial charge in [-0.1, -0.05) is 71.7 Å². The molecule has 0 aliphatic carbocycles. The van der Waals surface area contributed by atoms with Crippen LogP contribution in [0.4, 0.5) is 5.69 Å². The fraction of sp³-hybridized carbons (Fsp3) is 0.214. The third-order valence-corrected chi connectivity index (χ3v) is 6.55. The Kier molecular flexibility index (Phi) is 9.14. The van der Waals surface area contributed by atoms with E-state index in [1.54, 1.807) is 12.3 Å². The van der Waals surface area contributed by atoms with Crippen molar-refractivity contribution in [3.05, 3.63) is 118 Å². The largest absolute Gasteiger partial charge is 0.387 e. The highest BCUT2D eigenvalue weighted by Gasteiger charge is 2.11. The lowest BCUT2D eigenvalue weighted by Gasteiger charge is -2.12. The van der Waals surface area contributed by atoms with E-state index in [1.807, 2.05) is 77.5 Å². The lowest BCUT2D eigenvalue weighted by atomic mass is 10.1. The maximum absolute atomic E-state index is 12.6. The molecule has 0 aliphatic heterocycles. The van der Waals surface area contributed by atoms with Crippen LogP contribution in [-0.2, 0) is 24.2 Å². The van der Waals surface area contributed by atoms with Gasteiger partial charge in [0, 0.05) is 31.2 Å². The molecule has 0 saturated carbocycles. The molecule has 0 radical (unpaired) electrons. The molecule has 1 atom stereocenters. The maximum Gasteiger partial charge on any atom is 0.231 e. The molecule has 0 saturated heterocycles. The van der Waals surface area contributed by atoms with Crippen molar-refractivity contribution in [1.29, 1.82) is 0 Å². The van der Waals surface area contributed by atoms with Gasteiger partial charge in [-0.25, -0.2) is 4.98 Å².